The topological polar surface area (TPSA) is 55.0 Å². The molecule has 0 aromatic carbocycles. The molecule has 0 saturated carbocycles. The third-order valence-electron chi connectivity index (χ3n) is 2.60. The molecule has 2 rings (SSSR count). The summed E-state index contributed by atoms with van der Waals surface area (Å²) in [6.45, 7) is 4.36. The summed E-state index contributed by atoms with van der Waals surface area (Å²) in [6.07, 6.45) is 4.25. The Balaban J connectivity index is 2.14. The number of piperidine rings is 1. The minimum Gasteiger partial charge on any atom is -0.384 e. The maximum absolute atomic E-state index is 5.62. The molecule has 4 nitrogen and oxygen atoms in total. The van der Waals surface area contributed by atoms with Crippen LogP contribution in [0.1, 0.15) is 19.8 Å². The van der Waals surface area contributed by atoms with Crippen LogP contribution in [-0.4, -0.2) is 23.1 Å². The van der Waals surface area contributed by atoms with Crippen molar-refractivity contribution in [2.24, 2.45) is 5.92 Å². The molecule has 1 unspecified atom stereocenters. The van der Waals surface area contributed by atoms with Gasteiger partial charge in [0.25, 0.3) is 0 Å². The van der Waals surface area contributed by atoms with Gasteiger partial charge in [0.2, 0.25) is 5.95 Å². The van der Waals surface area contributed by atoms with Crippen molar-refractivity contribution in [2.75, 3.05) is 23.7 Å². The van der Waals surface area contributed by atoms with Gasteiger partial charge < -0.3 is 10.6 Å². The van der Waals surface area contributed by atoms with Gasteiger partial charge in [0, 0.05) is 19.3 Å². The Morgan fingerprint density at radius 3 is 3.14 bits per heavy atom. The lowest BCUT2D eigenvalue weighted by Gasteiger charge is -2.30. The lowest BCUT2D eigenvalue weighted by Crippen LogP contribution is -2.35. The number of nitrogens with zero attached hydrogens (tertiary/aromatic N) is 3. The first-order valence-electron chi connectivity index (χ1n) is 5.09. The fourth-order valence-corrected chi connectivity index (χ4v) is 1.89. The number of nitrogen functional groups attached to an aromatic ring is 1. The largest absolute Gasteiger partial charge is 0.384 e. The van der Waals surface area contributed by atoms with Crippen molar-refractivity contribution in [1.29, 1.82) is 0 Å². The lowest BCUT2D eigenvalue weighted by molar-refractivity contribution is 0.442. The van der Waals surface area contributed by atoms with Crippen LogP contribution in [0.2, 0.25) is 0 Å². The average Bonchev–Trinajstić information content (AvgIpc) is 2.18. The predicted octanol–water partition coefficient (Wildman–Crippen LogP) is 1.30. The van der Waals surface area contributed by atoms with Crippen LogP contribution in [0, 0.1) is 5.92 Å². The van der Waals surface area contributed by atoms with Crippen molar-refractivity contribution in [3.05, 3.63) is 12.3 Å². The Morgan fingerprint density at radius 1 is 1.57 bits per heavy atom. The summed E-state index contributed by atoms with van der Waals surface area (Å²) in [5.74, 6) is 2.05. The van der Waals surface area contributed by atoms with Crippen LogP contribution in [0.5, 0.6) is 0 Å². The van der Waals surface area contributed by atoms with E-state index < -0.39 is 0 Å². The average molecular weight is 192 g/mol. The van der Waals surface area contributed by atoms with Crippen molar-refractivity contribution in [3.8, 4) is 0 Å². The molecule has 0 amide bonds. The molecule has 2 N–H and O–H groups in total. The van der Waals surface area contributed by atoms with E-state index in [1.54, 1.807) is 12.3 Å². The highest BCUT2D eigenvalue weighted by Gasteiger charge is 2.18. The fourth-order valence-electron chi connectivity index (χ4n) is 1.89. The lowest BCUT2D eigenvalue weighted by atomic mass is 10.0. The van der Waals surface area contributed by atoms with Gasteiger partial charge in [-0.3, -0.25) is 0 Å². The Hall–Kier alpha value is -1.32. The second-order valence-electron chi connectivity index (χ2n) is 3.97. The van der Waals surface area contributed by atoms with Crippen LogP contribution in [0.3, 0.4) is 0 Å². The first kappa shape index (κ1) is 9.24. The number of nitrogens with two attached hydrogens (primary N) is 1. The van der Waals surface area contributed by atoms with Crippen LogP contribution in [-0.2, 0) is 0 Å². The van der Waals surface area contributed by atoms with Gasteiger partial charge in [-0.05, 0) is 24.8 Å². The molecule has 14 heavy (non-hydrogen) atoms. The van der Waals surface area contributed by atoms with Crippen molar-refractivity contribution in [3.63, 3.8) is 0 Å². The van der Waals surface area contributed by atoms with Crippen molar-refractivity contribution in [1.82, 2.24) is 9.97 Å². The monoisotopic (exact) mass is 192 g/mol. The minimum atomic E-state index is 0.549. The Labute approximate surface area is 84.2 Å². The smallest absolute Gasteiger partial charge is 0.227 e. The van der Waals surface area contributed by atoms with Gasteiger partial charge in [-0.15, -0.1) is 0 Å². The Morgan fingerprint density at radius 2 is 2.43 bits per heavy atom. The van der Waals surface area contributed by atoms with E-state index in [4.69, 9.17) is 5.73 Å². The van der Waals surface area contributed by atoms with E-state index >= 15 is 0 Å². The maximum Gasteiger partial charge on any atom is 0.227 e. The summed E-state index contributed by atoms with van der Waals surface area (Å²) in [4.78, 5) is 10.7. The molecule has 1 aliphatic heterocycles. The van der Waals surface area contributed by atoms with Crippen molar-refractivity contribution < 1.29 is 0 Å². The molecule has 1 aliphatic rings. The molecule has 0 bridgehead atoms. The van der Waals surface area contributed by atoms with Crippen LogP contribution >= 0.6 is 0 Å². The van der Waals surface area contributed by atoms with Gasteiger partial charge in [-0.2, -0.15) is 4.98 Å². The predicted molar refractivity (Wildman–Crippen MR) is 57.1 cm³/mol. The summed E-state index contributed by atoms with van der Waals surface area (Å²) in [5, 5.41) is 0. The molecule has 1 aromatic rings. The highest BCUT2D eigenvalue weighted by atomic mass is 15.3. The summed E-state index contributed by atoms with van der Waals surface area (Å²) < 4.78 is 0. The van der Waals surface area contributed by atoms with E-state index in [0.29, 0.717) is 5.82 Å². The molecular weight excluding hydrogens is 176 g/mol. The first-order chi connectivity index (χ1) is 6.75. The quantitative estimate of drug-likeness (QED) is 0.728. The number of hydrogen-bond donors (Lipinski definition) is 1. The Kier molecular flexibility index (Phi) is 2.52. The van der Waals surface area contributed by atoms with Gasteiger partial charge >= 0.3 is 0 Å². The Bertz CT molecular complexity index is 313. The van der Waals surface area contributed by atoms with Gasteiger partial charge in [0.05, 0.1) is 0 Å². The van der Waals surface area contributed by atoms with E-state index in [0.717, 1.165) is 25.0 Å². The summed E-state index contributed by atoms with van der Waals surface area (Å²) in [7, 11) is 0. The van der Waals surface area contributed by atoms with Crippen molar-refractivity contribution >= 4 is 11.8 Å². The molecular formula is C10H16N4. The summed E-state index contributed by atoms with van der Waals surface area (Å²) in [6, 6.07) is 1.72. The molecule has 1 fully saturated rings. The molecule has 0 spiro atoms. The summed E-state index contributed by atoms with van der Waals surface area (Å²) in [5.41, 5.74) is 5.62. The fraction of sp³-hybridized carbons (Fsp3) is 0.600. The van der Waals surface area contributed by atoms with Gasteiger partial charge in [-0.1, -0.05) is 6.92 Å². The maximum atomic E-state index is 5.62. The number of rotatable bonds is 1. The van der Waals surface area contributed by atoms with E-state index in [-0.39, 0.29) is 0 Å². The van der Waals surface area contributed by atoms with E-state index in [1.807, 2.05) is 0 Å². The third-order valence-corrected chi connectivity index (χ3v) is 2.60. The zero-order valence-corrected chi connectivity index (χ0v) is 8.48. The molecule has 4 heteroatoms. The second-order valence-corrected chi connectivity index (χ2v) is 3.97. The zero-order chi connectivity index (χ0) is 9.97. The molecule has 1 atom stereocenters. The standard InChI is InChI=1S/C10H16N4/c1-8-3-2-6-14(7-8)10-12-5-4-9(11)13-10/h4-5,8H,2-3,6-7H2,1H3,(H2,11,12,13). The number of anilines is 2. The molecule has 76 valence electrons. The minimum absolute atomic E-state index is 0.549. The first-order valence-corrected chi connectivity index (χ1v) is 5.09. The van der Waals surface area contributed by atoms with Crippen LogP contribution in [0.25, 0.3) is 0 Å². The van der Waals surface area contributed by atoms with E-state index in [2.05, 4.69) is 21.8 Å². The van der Waals surface area contributed by atoms with Gasteiger partial charge in [0.15, 0.2) is 0 Å². The van der Waals surface area contributed by atoms with Crippen molar-refractivity contribution in [2.45, 2.75) is 19.8 Å². The SMILES string of the molecule is CC1CCCN(c2nccc(N)n2)C1. The van der Waals surface area contributed by atoms with E-state index in [1.165, 1.54) is 12.8 Å². The molecule has 1 aromatic heterocycles. The van der Waals surface area contributed by atoms with Crippen LogP contribution in [0.4, 0.5) is 11.8 Å². The third kappa shape index (κ3) is 1.95. The highest BCUT2D eigenvalue weighted by molar-refractivity contribution is 5.37. The normalized spacial score (nSPS) is 22.4. The molecule has 1 saturated heterocycles. The van der Waals surface area contributed by atoms with E-state index in [9.17, 15) is 0 Å². The van der Waals surface area contributed by atoms with Gasteiger partial charge in [0.1, 0.15) is 5.82 Å². The number of aromatic nitrogens is 2. The number of hydrogen-bond acceptors (Lipinski definition) is 4. The van der Waals surface area contributed by atoms with Gasteiger partial charge in [-0.25, -0.2) is 4.98 Å². The van der Waals surface area contributed by atoms with Crippen LogP contribution < -0.4 is 10.6 Å². The second kappa shape index (κ2) is 3.82. The highest BCUT2D eigenvalue weighted by Crippen LogP contribution is 2.19. The molecule has 2 heterocycles. The summed E-state index contributed by atoms with van der Waals surface area (Å²) >= 11 is 0. The van der Waals surface area contributed by atoms with Crippen LogP contribution in [0.15, 0.2) is 12.3 Å². The zero-order valence-electron chi connectivity index (χ0n) is 8.48. The molecule has 0 radical (unpaired) electrons. The molecule has 0 aliphatic carbocycles.